The Bertz CT molecular complexity index is 1240. The molecule has 0 unspecified atom stereocenters. The Hall–Kier alpha value is -3.10. The van der Waals surface area contributed by atoms with Crippen molar-refractivity contribution in [3.63, 3.8) is 0 Å². The Kier molecular flexibility index (Phi) is 6.43. The van der Waals surface area contributed by atoms with Gasteiger partial charge in [-0.3, -0.25) is 4.68 Å². The van der Waals surface area contributed by atoms with Crippen molar-refractivity contribution in [2.45, 2.75) is 44.6 Å². The lowest BCUT2D eigenvalue weighted by atomic mass is 9.73. The van der Waals surface area contributed by atoms with Gasteiger partial charge >= 0.3 is 0 Å². The Morgan fingerprint density at radius 2 is 1.94 bits per heavy atom. The third-order valence-electron chi connectivity index (χ3n) is 6.79. The van der Waals surface area contributed by atoms with Crippen molar-refractivity contribution >= 4 is 34.6 Å². The van der Waals surface area contributed by atoms with Crippen LogP contribution in [0.25, 0.3) is 5.65 Å². The Labute approximate surface area is 204 Å². The summed E-state index contributed by atoms with van der Waals surface area (Å²) >= 11 is 6.08. The first-order valence-electron chi connectivity index (χ1n) is 11.9. The molecule has 178 valence electrons. The van der Waals surface area contributed by atoms with E-state index in [1.54, 1.807) is 6.20 Å². The maximum atomic E-state index is 10.3. The smallest absolute Gasteiger partial charge is 0.247 e. The SMILES string of the molecule is CCCCn1cc(Nc2nc3c(N4CCC(CO)(c5ccc(Cl)cc5)CC4)cccn3n2)cn1. The predicted molar refractivity (Wildman–Crippen MR) is 135 cm³/mol. The predicted octanol–water partition coefficient (Wildman–Crippen LogP) is 4.65. The van der Waals surface area contributed by atoms with Gasteiger partial charge in [0.15, 0.2) is 5.65 Å². The lowest BCUT2D eigenvalue weighted by Gasteiger charge is -2.42. The summed E-state index contributed by atoms with van der Waals surface area (Å²) in [6.45, 7) is 4.84. The van der Waals surface area contributed by atoms with Crippen LogP contribution in [0.4, 0.5) is 17.3 Å². The molecule has 1 fully saturated rings. The number of aliphatic hydroxyl groups excluding tert-OH is 1. The Morgan fingerprint density at radius 1 is 1.15 bits per heavy atom. The van der Waals surface area contributed by atoms with E-state index < -0.39 is 0 Å². The van der Waals surface area contributed by atoms with E-state index in [0.29, 0.717) is 11.0 Å². The summed E-state index contributed by atoms with van der Waals surface area (Å²) in [6, 6.07) is 12.0. The summed E-state index contributed by atoms with van der Waals surface area (Å²) in [4.78, 5) is 7.11. The molecule has 0 atom stereocenters. The number of pyridine rings is 1. The van der Waals surface area contributed by atoms with E-state index in [4.69, 9.17) is 16.6 Å². The number of hydrogen-bond donors (Lipinski definition) is 2. The van der Waals surface area contributed by atoms with Crippen molar-refractivity contribution in [3.8, 4) is 0 Å². The van der Waals surface area contributed by atoms with Gasteiger partial charge in [-0.1, -0.05) is 37.1 Å². The number of rotatable bonds is 8. The lowest BCUT2D eigenvalue weighted by molar-refractivity contribution is 0.165. The topological polar surface area (TPSA) is 83.5 Å². The molecule has 0 bridgehead atoms. The molecular weight excluding hydrogens is 450 g/mol. The van der Waals surface area contributed by atoms with Crippen LogP contribution in [0.3, 0.4) is 0 Å². The maximum absolute atomic E-state index is 10.3. The third kappa shape index (κ3) is 4.48. The molecule has 34 heavy (non-hydrogen) atoms. The maximum Gasteiger partial charge on any atom is 0.247 e. The number of anilines is 3. The number of aryl methyl sites for hydroxylation is 1. The number of fused-ring (bicyclic) bond motifs is 1. The lowest BCUT2D eigenvalue weighted by Crippen LogP contribution is -2.45. The summed E-state index contributed by atoms with van der Waals surface area (Å²) in [5.41, 5.74) is 3.63. The Morgan fingerprint density at radius 3 is 2.68 bits per heavy atom. The van der Waals surface area contributed by atoms with Crippen molar-refractivity contribution in [1.82, 2.24) is 24.4 Å². The van der Waals surface area contributed by atoms with E-state index in [2.05, 4.69) is 33.4 Å². The minimum Gasteiger partial charge on any atom is -0.395 e. The van der Waals surface area contributed by atoms with Crippen LogP contribution in [0.1, 0.15) is 38.2 Å². The van der Waals surface area contributed by atoms with Crippen LogP contribution in [0, 0.1) is 0 Å². The van der Waals surface area contributed by atoms with Crippen LogP contribution in [0.2, 0.25) is 5.02 Å². The van der Waals surface area contributed by atoms with Gasteiger partial charge < -0.3 is 15.3 Å². The highest BCUT2D eigenvalue weighted by atomic mass is 35.5. The fourth-order valence-electron chi connectivity index (χ4n) is 4.71. The van der Waals surface area contributed by atoms with Crippen molar-refractivity contribution in [2.24, 2.45) is 0 Å². The molecule has 1 aromatic carbocycles. The number of nitrogens with zero attached hydrogens (tertiary/aromatic N) is 6. The number of halogens is 1. The van der Waals surface area contributed by atoms with Gasteiger partial charge in [-0.25, -0.2) is 4.52 Å². The van der Waals surface area contributed by atoms with E-state index in [0.717, 1.165) is 67.9 Å². The molecule has 1 saturated heterocycles. The molecule has 9 heteroatoms. The number of nitrogens with one attached hydrogen (secondary N) is 1. The van der Waals surface area contributed by atoms with Gasteiger partial charge in [0.05, 0.1) is 24.2 Å². The average molecular weight is 480 g/mol. The molecule has 0 saturated carbocycles. The first kappa shape index (κ1) is 22.7. The first-order valence-corrected chi connectivity index (χ1v) is 12.2. The van der Waals surface area contributed by atoms with Crippen LogP contribution >= 0.6 is 11.6 Å². The van der Waals surface area contributed by atoms with Crippen LogP contribution in [0.5, 0.6) is 0 Å². The summed E-state index contributed by atoms with van der Waals surface area (Å²) in [6.07, 6.45) is 9.63. The largest absolute Gasteiger partial charge is 0.395 e. The minimum absolute atomic E-state index is 0.123. The average Bonchev–Trinajstić information content (AvgIpc) is 3.49. The van der Waals surface area contributed by atoms with E-state index in [9.17, 15) is 5.11 Å². The Balaban J connectivity index is 1.33. The second-order valence-corrected chi connectivity index (χ2v) is 9.44. The molecule has 2 N–H and O–H groups in total. The summed E-state index contributed by atoms with van der Waals surface area (Å²) in [7, 11) is 0. The molecule has 1 aliphatic heterocycles. The van der Waals surface area contributed by atoms with Crippen LogP contribution in [0.15, 0.2) is 55.0 Å². The van der Waals surface area contributed by atoms with Gasteiger partial charge in [-0.15, -0.1) is 5.10 Å². The minimum atomic E-state index is -0.246. The van der Waals surface area contributed by atoms with Crippen molar-refractivity contribution in [2.75, 3.05) is 29.9 Å². The molecule has 1 aliphatic rings. The molecular formula is C25H30ClN7O. The molecule has 4 aromatic rings. The van der Waals surface area contributed by atoms with Gasteiger partial charge in [-0.2, -0.15) is 10.1 Å². The molecule has 8 nitrogen and oxygen atoms in total. The fourth-order valence-corrected chi connectivity index (χ4v) is 4.83. The van der Waals surface area contributed by atoms with Gasteiger partial charge in [0, 0.05) is 42.5 Å². The first-order chi connectivity index (χ1) is 16.6. The summed E-state index contributed by atoms with van der Waals surface area (Å²) in [5, 5.41) is 23.3. The second-order valence-electron chi connectivity index (χ2n) is 9.00. The highest BCUT2D eigenvalue weighted by molar-refractivity contribution is 6.30. The number of benzene rings is 1. The summed E-state index contributed by atoms with van der Waals surface area (Å²) < 4.78 is 3.75. The van der Waals surface area contributed by atoms with Gasteiger partial charge in [0.1, 0.15) is 0 Å². The zero-order valence-electron chi connectivity index (χ0n) is 19.4. The second kappa shape index (κ2) is 9.64. The molecule has 0 radical (unpaired) electrons. The number of hydrogen-bond acceptors (Lipinski definition) is 6. The van der Waals surface area contributed by atoms with Crippen LogP contribution in [-0.2, 0) is 12.0 Å². The van der Waals surface area contributed by atoms with E-state index in [1.165, 1.54) is 0 Å². The monoisotopic (exact) mass is 479 g/mol. The number of aliphatic hydroxyl groups is 1. The highest BCUT2D eigenvalue weighted by Crippen LogP contribution is 2.37. The standard InChI is InChI=1S/C25H30ClN7O/c1-2-3-12-32-17-21(16-27-32)28-24-29-23-22(5-4-13-33(23)30-24)31-14-10-25(18-34,11-15-31)19-6-8-20(26)9-7-19/h4-9,13,16-17,34H,2-3,10-12,14-15,18H2,1H3,(H,28,30). The molecule has 5 rings (SSSR count). The van der Waals surface area contributed by atoms with Gasteiger partial charge in [0.25, 0.3) is 0 Å². The summed E-state index contributed by atoms with van der Waals surface area (Å²) in [5.74, 6) is 0.547. The molecule has 3 aromatic heterocycles. The number of piperidine rings is 1. The van der Waals surface area contributed by atoms with Crippen LogP contribution in [-0.4, -0.2) is 49.2 Å². The number of unbranched alkanes of at least 4 members (excludes halogenated alkanes) is 1. The normalized spacial score (nSPS) is 15.7. The zero-order valence-corrected chi connectivity index (χ0v) is 20.1. The quantitative estimate of drug-likeness (QED) is 0.382. The molecule has 0 spiro atoms. The van der Waals surface area contributed by atoms with Gasteiger partial charge in [-0.05, 0) is 49.1 Å². The van der Waals surface area contributed by atoms with Crippen LogP contribution < -0.4 is 10.2 Å². The molecule has 0 aliphatic carbocycles. The van der Waals surface area contributed by atoms with E-state index in [1.807, 2.05) is 51.9 Å². The van der Waals surface area contributed by atoms with E-state index >= 15 is 0 Å². The van der Waals surface area contributed by atoms with E-state index in [-0.39, 0.29) is 12.0 Å². The van der Waals surface area contributed by atoms with Gasteiger partial charge in [0.2, 0.25) is 5.95 Å². The highest BCUT2D eigenvalue weighted by Gasteiger charge is 2.36. The zero-order chi connectivity index (χ0) is 23.5. The van der Waals surface area contributed by atoms with Crippen molar-refractivity contribution in [1.29, 1.82) is 0 Å². The third-order valence-corrected chi connectivity index (χ3v) is 7.04. The molecule has 4 heterocycles. The number of aromatic nitrogens is 5. The van der Waals surface area contributed by atoms with Crippen molar-refractivity contribution in [3.05, 3.63) is 65.6 Å². The fraction of sp³-hybridized carbons (Fsp3) is 0.400. The molecule has 0 amide bonds. The van der Waals surface area contributed by atoms with Crippen molar-refractivity contribution < 1.29 is 5.11 Å².